The van der Waals surface area contributed by atoms with Gasteiger partial charge in [-0.05, 0) is 52.2 Å². The molecule has 0 unspecified atom stereocenters. The van der Waals surface area contributed by atoms with E-state index in [1.807, 2.05) is 13.8 Å². The Morgan fingerprint density at radius 1 is 1.12 bits per heavy atom. The van der Waals surface area contributed by atoms with Gasteiger partial charge in [0.25, 0.3) is 0 Å². The van der Waals surface area contributed by atoms with Crippen LogP contribution in [-0.4, -0.2) is 99.0 Å². The molecular formula is C35H40F2N8O4S. The Morgan fingerprint density at radius 2 is 1.86 bits per heavy atom. The van der Waals surface area contributed by atoms with Crippen LogP contribution in [0.5, 0.6) is 0 Å². The largest absolute Gasteiger partial charge is 0.444 e. The number of fused-ring (bicyclic) bond motifs is 4. The molecule has 1 amide bonds. The van der Waals surface area contributed by atoms with E-state index in [0.717, 1.165) is 56.7 Å². The molecule has 2 N–H and O–H groups in total. The van der Waals surface area contributed by atoms with Crippen LogP contribution >= 0.6 is 11.3 Å². The molecule has 0 radical (unpaired) electrons. The molecule has 4 aromatic rings. The average molecular weight is 707 g/mol. The maximum absolute atomic E-state index is 17.0. The third kappa shape index (κ3) is 6.58. The van der Waals surface area contributed by atoms with Crippen molar-refractivity contribution in [3.8, 4) is 17.3 Å². The number of anilines is 2. The number of thiophene rings is 1. The molecule has 3 aromatic heterocycles. The van der Waals surface area contributed by atoms with Crippen molar-refractivity contribution in [2.45, 2.75) is 71.5 Å². The van der Waals surface area contributed by atoms with Crippen LogP contribution < -0.4 is 10.2 Å². The van der Waals surface area contributed by atoms with E-state index in [2.05, 4.69) is 36.1 Å². The van der Waals surface area contributed by atoms with Crippen molar-refractivity contribution in [1.82, 2.24) is 24.8 Å². The molecule has 0 saturated carbocycles. The summed E-state index contributed by atoms with van der Waals surface area (Å²) in [6.45, 7) is 14.7. The van der Waals surface area contributed by atoms with Crippen LogP contribution in [0.15, 0.2) is 12.4 Å². The molecule has 2 saturated heterocycles. The second kappa shape index (κ2) is 12.9. The molecule has 3 aliphatic heterocycles. The topological polar surface area (TPSA) is 140 Å². The second-order valence-corrected chi connectivity index (χ2v) is 15.8. The number of nitrogens with one attached hydrogen (secondary N) is 1. The summed E-state index contributed by atoms with van der Waals surface area (Å²) in [5.74, 6) is -0.953. The van der Waals surface area contributed by atoms with Crippen LogP contribution in [-0.2, 0) is 22.7 Å². The number of aromatic nitrogens is 3. The number of halogens is 2. The van der Waals surface area contributed by atoms with Crippen molar-refractivity contribution in [2.75, 3.05) is 56.0 Å². The van der Waals surface area contributed by atoms with Gasteiger partial charge in [0.15, 0.2) is 11.6 Å². The SMILES string of the molecule is CC(C)(O)CN1CCN([C@@H]2CCN(c3ncc4c5c(c(-c6ncc(F)c7sc(NC(=O)OC(C)(C)C)c(C#N)c67)c(F)c4n3)COC5)C2)CC1. The first kappa shape index (κ1) is 34.4. The number of β-amino-alcohol motifs (C(OH)–C–C–N with tert-alkyl or cyclic N) is 1. The van der Waals surface area contributed by atoms with Gasteiger partial charge in [-0.2, -0.15) is 5.26 Å². The first-order chi connectivity index (χ1) is 23.7. The molecule has 6 heterocycles. The molecule has 12 nitrogen and oxygen atoms in total. The molecule has 0 spiro atoms. The van der Waals surface area contributed by atoms with Crippen LogP contribution in [0.3, 0.4) is 0 Å². The molecule has 15 heteroatoms. The fraction of sp³-hybridized carbons (Fsp3) is 0.514. The van der Waals surface area contributed by atoms with Gasteiger partial charge in [-0.1, -0.05) is 0 Å². The van der Waals surface area contributed by atoms with E-state index < -0.39 is 28.9 Å². The summed E-state index contributed by atoms with van der Waals surface area (Å²) in [7, 11) is 0. The number of nitriles is 1. The summed E-state index contributed by atoms with van der Waals surface area (Å²) in [5.41, 5.74) is -0.0807. The fourth-order valence-electron chi connectivity index (χ4n) is 7.21. The van der Waals surface area contributed by atoms with E-state index in [-0.39, 0.29) is 50.6 Å². The lowest BCUT2D eigenvalue weighted by molar-refractivity contribution is 0.0124. The number of carbonyl (C=O) groups is 1. The fourth-order valence-corrected chi connectivity index (χ4v) is 8.25. The third-order valence-electron chi connectivity index (χ3n) is 9.30. The normalized spacial score (nSPS) is 18.9. The van der Waals surface area contributed by atoms with Gasteiger partial charge in [0.05, 0.1) is 41.0 Å². The maximum Gasteiger partial charge on any atom is 0.412 e. The smallest absolute Gasteiger partial charge is 0.412 e. The lowest BCUT2D eigenvalue weighted by Crippen LogP contribution is -2.53. The molecular weight excluding hydrogens is 666 g/mol. The summed E-state index contributed by atoms with van der Waals surface area (Å²) in [6, 6.07) is 2.37. The zero-order valence-electron chi connectivity index (χ0n) is 28.8. The average Bonchev–Trinajstić information content (AvgIpc) is 3.80. The van der Waals surface area contributed by atoms with E-state index in [1.54, 1.807) is 27.0 Å². The van der Waals surface area contributed by atoms with E-state index in [1.165, 1.54) is 0 Å². The highest BCUT2D eigenvalue weighted by Crippen LogP contribution is 2.46. The van der Waals surface area contributed by atoms with Gasteiger partial charge >= 0.3 is 6.09 Å². The Morgan fingerprint density at radius 3 is 2.56 bits per heavy atom. The van der Waals surface area contributed by atoms with Gasteiger partial charge < -0.3 is 19.5 Å². The highest BCUT2D eigenvalue weighted by atomic mass is 32.1. The standard InChI is InChI=1S/C35H40F2N8O4S/c1-34(2,3)49-33(46)42-31-20(12-38)26-29(39-14-24(36)30(26)50-31)25-23-17-48-16-22(23)21-13-40-32(41-28(21)27(25)37)45-7-6-19(15-45)44-10-8-43(9-11-44)18-35(4,5)47/h13-14,19,47H,6-11,15-18H2,1-5H3,(H,42,46)/t19-/m1/s1. The Hall–Kier alpha value is -4.07. The Bertz CT molecular complexity index is 2030. The van der Waals surface area contributed by atoms with E-state index >= 15 is 8.78 Å². The number of piperazine rings is 1. The van der Waals surface area contributed by atoms with Gasteiger partial charge in [-0.15, -0.1) is 11.3 Å². The number of nitrogens with zero attached hydrogens (tertiary/aromatic N) is 7. The Kier molecular flexibility index (Phi) is 8.88. The lowest BCUT2D eigenvalue weighted by Gasteiger charge is -2.39. The predicted octanol–water partition coefficient (Wildman–Crippen LogP) is 5.40. The first-order valence-corrected chi connectivity index (χ1v) is 17.6. The molecule has 7 rings (SSSR count). The maximum atomic E-state index is 17.0. The minimum absolute atomic E-state index is 0.0441. The summed E-state index contributed by atoms with van der Waals surface area (Å²) in [5, 5.41) is 23.7. The van der Waals surface area contributed by atoms with Gasteiger partial charge in [-0.3, -0.25) is 20.1 Å². The van der Waals surface area contributed by atoms with Crippen LogP contribution in [0.25, 0.3) is 32.2 Å². The molecule has 264 valence electrons. The molecule has 2 fully saturated rings. The summed E-state index contributed by atoms with van der Waals surface area (Å²) < 4.78 is 43.4. The van der Waals surface area contributed by atoms with Crippen molar-refractivity contribution < 1.29 is 28.2 Å². The van der Waals surface area contributed by atoms with Crippen molar-refractivity contribution in [2.24, 2.45) is 0 Å². The number of aliphatic hydroxyl groups is 1. The highest BCUT2D eigenvalue weighted by Gasteiger charge is 2.34. The summed E-state index contributed by atoms with van der Waals surface area (Å²) in [4.78, 5) is 33.2. The molecule has 50 heavy (non-hydrogen) atoms. The minimum Gasteiger partial charge on any atom is -0.444 e. The molecule has 0 aliphatic carbocycles. The number of carbonyl (C=O) groups excluding carboxylic acids is 1. The van der Waals surface area contributed by atoms with Crippen molar-refractivity contribution >= 4 is 49.4 Å². The number of benzene rings is 1. The quantitative estimate of drug-likeness (QED) is 0.266. The third-order valence-corrected chi connectivity index (χ3v) is 10.4. The zero-order valence-corrected chi connectivity index (χ0v) is 29.6. The number of amides is 1. The van der Waals surface area contributed by atoms with Gasteiger partial charge in [0.2, 0.25) is 5.95 Å². The second-order valence-electron chi connectivity index (χ2n) is 14.8. The summed E-state index contributed by atoms with van der Waals surface area (Å²) >= 11 is 0.861. The van der Waals surface area contributed by atoms with E-state index in [9.17, 15) is 15.2 Å². The zero-order chi connectivity index (χ0) is 35.5. The molecule has 1 atom stereocenters. The Labute approximate surface area is 292 Å². The number of hydrogen-bond acceptors (Lipinski definition) is 12. The van der Waals surface area contributed by atoms with Crippen LogP contribution in [0.2, 0.25) is 0 Å². The number of pyridine rings is 1. The highest BCUT2D eigenvalue weighted by molar-refractivity contribution is 7.23. The monoisotopic (exact) mass is 706 g/mol. The van der Waals surface area contributed by atoms with Crippen LogP contribution in [0, 0.1) is 23.0 Å². The minimum atomic E-state index is -0.803. The number of hydrogen-bond donors (Lipinski definition) is 2. The van der Waals surface area contributed by atoms with Crippen LogP contribution in [0.1, 0.15) is 57.7 Å². The van der Waals surface area contributed by atoms with Crippen molar-refractivity contribution in [3.05, 3.63) is 40.7 Å². The predicted molar refractivity (Wildman–Crippen MR) is 186 cm³/mol. The molecule has 1 aromatic carbocycles. The molecule has 0 bridgehead atoms. The van der Waals surface area contributed by atoms with Gasteiger partial charge in [0.1, 0.15) is 22.2 Å². The van der Waals surface area contributed by atoms with Gasteiger partial charge in [-0.25, -0.2) is 23.5 Å². The lowest BCUT2D eigenvalue weighted by atomic mass is 9.94. The number of rotatable bonds is 6. The first-order valence-electron chi connectivity index (χ1n) is 16.7. The Balaban J connectivity index is 1.23. The van der Waals surface area contributed by atoms with Crippen molar-refractivity contribution in [1.29, 1.82) is 5.26 Å². The van der Waals surface area contributed by atoms with Crippen LogP contribution in [0.4, 0.5) is 24.5 Å². The van der Waals surface area contributed by atoms with E-state index in [4.69, 9.17) is 14.5 Å². The van der Waals surface area contributed by atoms with Gasteiger partial charge in [0, 0.05) is 74.4 Å². The number of ether oxygens (including phenoxy) is 2. The van der Waals surface area contributed by atoms with Crippen molar-refractivity contribution in [3.63, 3.8) is 0 Å². The van der Waals surface area contributed by atoms with E-state index in [0.29, 0.717) is 41.6 Å². The summed E-state index contributed by atoms with van der Waals surface area (Å²) in [6.07, 6.45) is 2.76. The molecule has 3 aliphatic rings.